The van der Waals surface area contributed by atoms with Gasteiger partial charge in [-0.25, -0.2) is 4.98 Å². The summed E-state index contributed by atoms with van der Waals surface area (Å²) in [7, 11) is 0. The summed E-state index contributed by atoms with van der Waals surface area (Å²) in [5, 5.41) is 10.9. The average Bonchev–Trinajstić information content (AvgIpc) is 3.66. The number of carbonyl (C=O) groups excluding carboxylic acids is 5. The number of aromatic nitrogens is 2. The number of aromatic amines is 1. The molecule has 5 amide bonds. The molecule has 0 aliphatic rings. The van der Waals surface area contributed by atoms with E-state index in [0.29, 0.717) is 12.1 Å². The first-order valence-electron chi connectivity index (χ1n) is 17.3. The van der Waals surface area contributed by atoms with Crippen LogP contribution in [0.1, 0.15) is 36.6 Å². The van der Waals surface area contributed by atoms with Gasteiger partial charge in [0.1, 0.15) is 24.2 Å². The van der Waals surface area contributed by atoms with Crippen LogP contribution >= 0.6 is 22.6 Å². The van der Waals surface area contributed by atoms with Gasteiger partial charge in [-0.05, 0) is 69.8 Å². The molecule has 1 aromatic heterocycles. The first-order chi connectivity index (χ1) is 25.9. The summed E-state index contributed by atoms with van der Waals surface area (Å²) in [6, 6.07) is 20.3. The largest absolute Gasteiger partial charge is 0.370 e. The minimum Gasteiger partial charge on any atom is -0.370 e. The fourth-order valence-corrected chi connectivity index (χ4v) is 6.01. The Hall–Kier alpha value is -5.78. The summed E-state index contributed by atoms with van der Waals surface area (Å²) in [5.41, 5.74) is 20.8. The molecular weight excluding hydrogens is 803 g/mol. The molecule has 0 spiro atoms. The van der Waals surface area contributed by atoms with Gasteiger partial charge in [-0.1, -0.05) is 66.7 Å². The van der Waals surface area contributed by atoms with Gasteiger partial charge in [0.15, 0.2) is 5.96 Å². The van der Waals surface area contributed by atoms with Crippen LogP contribution in [0.2, 0.25) is 0 Å². The maximum Gasteiger partial charge on any atom is 0.243 e. The molecular formula is C38H45IN10O5. The van der Waals surface area contributed by atoms with Crippen molar-refractivity contribution >= 4 is 58.1 Å². The number of nitrogens with two attached hydrogens (primary N) is 3. The van der Waals surface area contributed by atoms with Crippen LogP contribution in [0.3, 0.4) is 0 Å². The summed E-state index contributed by atoms with van der Waals surface area (Å²) in [4.78, 5) is 77.0. The number of amides is 5. The van der Waals surface area contributed by atoms with Gasteiger partial charge >= 0.3 is 0 Å². The third kappa shape index (κ3) is 13.3. The van der Waals surface area contributed by atoms with E-state index in [-0.39, 0.29) is 38.2 Å². The van der Waals surface area contributed by atoms with Gasteiger partial charge in [0.25, 0.3) is 0 Å². The standard InChI is InChI=1S/C38H45IN10O5/c1-23(50)46-33(20-29-21-43-22-45-29)37(54)47-30(8-5-17-44-38(41)42)35(52)49-32(19-25-11-15-28(39)16-12-25)36(53)48-31(34(40)51)18-24-9-13-27(14-10-24)26-6-3-2-4-7-26/h2-4,6-7,9-16,21-22,30-33H,5,8,17-20H2,1H3,(H2,40,51)(H,43,45)(H,46,50)(H,47,54)(H,48,53)(H,49,52)(H4,41,42,44)/t30-,31-,32+,33-/m0/s1. The predicted octanol–water partition coefficient (Wildman–Crippen LogP) is 1.21. The normalized spacial score (nSPS) is 13.0. The van der Waals surface area contributed by atoms with Crippen LogP contribution in [-0.4, -0.2) is 76.2 Å². The number of rotatable bonds is 19. The number of primary amides is 1. The number of hydrogen-bond acceptors (Lipinski definition) is 7. The third-order valence-corrected chi connectivity index (χ3v) is 9.12. The minimum absolute atomic E-state index is 0.0642. The fraction of sp³-hybridized carbons (Fsp3) is 0.289. The molecule has 0 radical (unpaired) electrons. The molecule has 284 valence electrons. The zero-order valence-corrected chi connectivity index (χ0v) is 31.9. The lowest BCUT2D eigenvalue weighted by molar-refractivity contribution is -0.134. The molecule has 54 heavy (non-hydrogen) atoms. The number of halogens is 1. The van der Waals surface area contributed by atoms with Gasteiger partial charge in [0.2, 0.25) is 29.5 Å². The zero-order chi connectivity index (χ0) is 39.0. The number of guanidine groups is 1. The second-order valence-electron chi connectivity index (χ2n) is 12.7. The van der Waals surface area contributed by atoms with Crippen molar-refractivity contribution in [2.75, 3.05) is 6.54 Å². The molecule has 4 atom stereocenters. The lowest BCUT2D eigenvalue weighted by Crippen LogP contribution is -2.59. The highest BCUT2D eigenvalue weighted by molar-refractivity contribution is 14.1. The molecule has 16 heteroatoms. The first kappa shape index (κ1) is 41.0. The highest BCUT2D eigenvalue weighted by Crippen LogP contribution is 2.20. The molecule has 0 aliphatic carbocycles. The van der Waals surface area contributed by atoms with Crippen molar-refractivity contribution in [3.63, 3.8) is 0 Å². The fourth-order valence-electron chi connectivity index (χ4n) is 5.65. The molecule has 0 fully saturated rings. The topological polar surface area (TPSA) is 253 Å². The Morgan fingerprint density at radius 1 is 0.704 bits per heavy atom. The number of H-pyrrole nitrogens is 1. The highest BCUT2D eigenvalue weighted by Gasteiger charge is 2.31. The van der Waals surface area contributed by atoms with E-state index in [2.05, 4.69) is 58.8 Å². The SMILES string of the molecule is CC(=O)N[C@@H](Cc1cnc[nH]1)C(=O)N[C@@H](CCCN=C(N)N)C(=O)N[C@H](Cc1ccc(I)cc1)C(=O)N[C@@H](Cc1ccc(-c2ccccc2)cc1)C(N)=O. The van der Waals surface area contributed by atoms with Crippen LogP contribution in [0.5, 0.6) is 0 Å². The Morgan fingerprint density at radius 2 is 1.24 bits per heavy atom. The summed E-state index contributed by atoms with van der Waals surface area (Å²) in [5.74, 6) is -3.28. The highest BCUT2D eigenvalue weighted by atomic mass is 127. The minimum atomic E-state index is -1.17. The Labute approximate surface area is 326 Å². The molecule has 0 aliphatic heterocycles. The van der Waals surface area contributed by atoms with Crippen molar-refractivity contribution in [2.45, 2.75) is 63.2 Å². The van der Waals surface area contributed by atoms with Crippen LogP contribution in [0, 0.1) is 3.57 Å². The lowest BCUT2D eigenvalue weighted by Gasteiger charge is -2.26. The van der Waals surface area contributed by atoms with Gasteiger partial charge in [-0.3, -0.25) is 29.0 Å². The Morgan fingerprint density at radius 3 is 1.81 bits per heavy atom. The van der Waals surface area contributed by atoms with E-state index < -0.39 is 53.7 Å². The number of nitrogens with one attached hydrogen (secondary N) is 5. The maximum atomic E-state index is 14.0. The smallest absolute Gasteiger partial charge is 0.243 e. The average molecular weight is 849 g/mol. The van der Waals surface area contributed by atoms with Gasteiger partial charge in [0, 0.05) is 48.2 Å². The Balaban J connectivity index is 1.55. The summed E-state index contributed by atoms with van der Waals surface area (Å²) in [6.07, 6.45) is 3.61. The number of imidazole rings is 1. The predicted molar refractivity (Wildman–Crippen MR) is 213 cm³/mol. The summed E-state index contributed by atoms with van der Waals surface area (Å²) in [6.45, 7) is 1.45. The van der Waals surface area contributed by atoms with Crippen molar-refractivity contribution in [2.24, 2.45) is 22.2 Å². The van der Waals surface area contributed by atoms with Gasteiger partial charge < -0.3 is 43.5 Å². The molecule has 0 saturated carbocycles. The number of benzene rings is 3. The first-order valence-corrected chi connectivity index (χ1v) is 18.3. The van der Waals surface area contributed by atoms with Crippen molar-refractivity contribution in [3.05, 3.63) is 112 Å². The van der Waals surface area contributed by atoms with Crippen molar-refractivity contribution in [1.29, 1.82) is 0 Å². The molecule has 15 nitrogen and oxygen atoms in total. The number of carbonyl (C=O) groups is 5. The van der Waals surface area contributed by atoms with Crippen LogP contribution in [0.4, 0.5) is 0 Å². The van der Waals surface area contributed by atoms with Gasteiger partial charge in [-0.15, -0.1) is 0 Å². The van der Waals surface area contributed by atoms with E-state index in [1.165, 1.54) is 19.4 Å². The van der Waals surface area contributed by atoms with Crippen LogP contribution in [0.15, 0.2) is 96.4 Å². The second-order valence-corrected chi connectivity index (χ2v) is 13.9. The van der Waals surface area contributed by atoms with E-state index in [0.717, 1.165) is 25.8 Å². The van der Waals surface area contributed by atoms with E-state index >= 15 is 0 Å². The van der Waals surface area contributed by atoms with Crippen molar-refractivity contribution < 1.29 is 24.0 Å². The summed E-state index contributed by atoms with van der Waals surface area (Å²) < 4.78 is 0.973. The molecule has 0 saturated heterocycles. The molecule has 4 rings (SSSR count). The van der Waals surface area contributed by atoms with Crippen molar-refractivity contribution in [1.82, 2.24) is 31.2 Å². The molecule has 0 unspecified atom stereocenters. The van der Waals surface area contributed by atoms with E-state index in [9.17, 15) is 24.0 Å². The summed E-state index contributed by atoms with van der Waals surface area (Å²) >= 11 is 2.16. The lowest BCUT2D eigenvalue weighted by atomic mass is 9.99. The molecule has 0 bridgehead atoms. The Bertz CT molecular complexity index is 1880. The van der Waals surface area contributed by atoms with Crippen molar-refractivity contribution in [3.8, 4) is 11.1 Å². The zero-order valence-electron chi connectivity index (χ0n) is 29.8. The van der Waals surface area contributed by atoms with E-state index in [1.54, 1.807) is 0 Å². The van der Waals surface area contributed by atoms with Gasteiger partial charge in [-0.2, -0.15) is 0 Å². The monoisotopic (exact) mass is 848 g/mol. The maximum absolute atomic E-state index is 14.0. The molecule has 11 N–H and O–H groups in total. The number of hydrogen-bond donors (Lipinski definition) is 8. The number of aliphatic imine (C=N–C) groups is 1. The van der Waals surface area contributed by atoms with Crippen LogP contribution in [-0.2, 0) is 43.2 Å². The molecule has 3 aromatic carbocycles. The quantitative estimate of drug-likeness (QED) is 0.0294. The van der Waals surface area contributed by atoms with E-state index in [4.69, 9.17) is 17.2 Å². The van der Waals surface area contributed by atoms with E-state index in [1.807, 2.05) is 78.9 Å². The third-order valence-electron chi connectivity index (χ3n) is 8.40. The molecule has 4 aromatic rings. The van der Waals surface area contributed by atoms with Crippen LogP contribution < -0.4 is 38.5 Å². The second kappa shape index (κ2) is 20.5. The number of nitrogens with zero attached hydrogens (tertiary/aromatic N) is 2. The molecule has 1 heterocycles. The van der Waals surface area contributed by atoms with Gasteiger partial charge in [0.05, 0.1) is 6.33 Å². The van der Waals surface area contributed by atoms with Crippen LogP contribution in [0.25, 0.3) is 11.1 Å². The Kier molecular flexibility index (Phi) is 15.5.